The highest BCUT2D eigenvalue weighted by atomic mass is 35.5. The zero-order valence-corrected chi connectivity index (χ0v) is 6.26. The molecule has 0 aromatic carbocycles. The molecule has 0 aromatic rings. The topological polar surface area (TPSA) is 35.5 Å². The van der Waals surface area contributed by atoms with Gasteiger partial charge in [-0.1, -0.05) is 0 Å². The van der Waals surface area contributed by atoms with Crippen molar-refractivity contribution in [3.8, 4) is 0 Å². The van der Waals surface area contributed by atoms with Crippen LogP contribution in [-0.4, -0.2) is 31.2 Å². The number of carbonyl (C=O) groups excluding carboxylic acids is 1. The van der Waals surface area contributed by atoms with Crippen LogP contribution in [-0.2, 0) is 14.3 Å². The minimum absolute atomic E-state index is 0.126. The van der Waals surface area contributed by atoms with Gasteiger partial charge >= 0.3 is 0 Å². The van der Waals surface area contributed by atoms with Gasteiger partial charge in [-0.2, -0.15) is 0 Å². The third-order valence-corrected chi connectivity index (χ3v) is 1.43. The summed E-state index contributed by atoms with van der Waals surface area (Å²) in [5.74, 6) is 0. The molecule has 0 bridgehead atoms. The zero-order chi connectivity index (χ0) is 7.40. The lowest BCUT2D eigenvalue weighted by Crippen LogP contribution is -2.29. The van der Waals surface area contributed by atoms with Crippen molar-refractivity contribution in [1.29, 1.82) is 0 Å². The Balaban J connectivity index is 2.19. The molecular formula is C6H9ClO3. The van der Waals surface area contributed by atoms with Crippen molar-refractivity contribution in [3.63, 3.8) is 0 Å². The minimum Gasteiger partial charge on any atom is -0.376 e. The molecule has 3 nitrogen and oxygen atoms in total. The molecule has 1 aliphatic heterocycles. The molecule has 1 unspecified atom stereocenters. The standard InChI is InChI=1S/C6H9ClO3/c7-6(8)3-5-4-9-1-2-10-5/h5H,1-4H2. The second-order valence-electron chi connectivity index (χ2n) is 2.13. The predicted molar refractivity (Wildman–Crippen MR) is 36.0 cm³/mol. The van der Waals surface area contributed by atoms with E-state index in [1.54, 1.807) is 0 Å². The van der Waals surface area contributed by atoms with Gasteiger partial charge in [-0.3, -0.25) is 4.79 Å². The molecule has 1 rings (SSSR count). The fourth-order valence-corrected chi connectivity index (χ4v) is 1.01. The van der Waals surface area contributed by atoms with Crippen molar-refractivity contribution in [3.05, 3.63) is 0 Å². The molecule has 0 saturated carbocycles. The molecule has 1 aliphatic rings. The third-order valence-electron chi connectivity index (χ3n) is 1.27. The summed E-state index contributed by atoms with van der Waals surface area (Å²) in [6.45, 7) is 1.67. The van der Waals surface area contributed by atoms with Crippen LogP contribution in [0.5, 0.6) is 0 Å². The fraction of sp³-hybridized carbons (Fsp3) is 0.833. The SMILES string of the molecule is O=C(Cl)CC1COCCO1. The lowest BCUT2D eigenvalue weighted by atomic mass is 10.3. The van der Waals surface area contributed by atoms with Gasteiger partial charge in [-0.15, -0.1) is 0 Å². The molecule has 1 fully saturated rings. The summed E-state index contributed by atoms with van der Waals surface area (Å²) in [6, 6.07) is 0. The van der Waals surface area contributed by atoms with Gasteiger partial charge in [0.2, 0.25) is 5.24 Å². The molecule has 0 aromatic heterocycles. The second-order valence-corrected chi connectivity index (χ2v) is 2.55. The second kappa shape index (κ2) is 3.91. The molecule has 0 aliphatic carbocycles. The summed E-state index contributed by atoms with van der Waals surface area (Å²) < 4.78 is 10.2. The Kier molecular flexibility index (Phi) is 3.12. The summed E-state index contributed by atoms with van der Waals surface area (Å²) in [4.78, 5) is 10.3. The molecule has 4 heteroatoms. The first-order chi connectivity index (χ1) is 4.79. The number of rotatable bonds is 2. The van der Waals surface area contributed by atoms with E-state index in [-0.39, 0.29) is 17.8 Å². The minimum atomic E-state index is -0.365. The molecule has 1 heterocycles. The lowest BCUT2D eigenvalue weighted by molar-refractivity contribution is -0.122. The Hall–Kier alpha value is -0.120. The van der Waals surface area contributed by atoms with E-state index in [1.807, 2.05) is 0 Å². The van der Waals surface area contributed by atoms with Crippen molar-refractivity contribution < 1.29 is 14.3 Å². The van der Waals surface area contributed by atoms with Gasteiger partial charge in [0.25, 0.3) is 0 Å². The third kappa shape index (κ3) is 2.64. The quantitative estimate of drug-likeness (QED) is 0.560. The van der Waals surface area contributed by atoms with E-state index < -0.39 is 0 Å². The molecule has 10 heavy (non-hydrogen) atoms. The van der Waals surface area contributed by atoms with Crippen LogP contribution in [0.3, 0.4) is 0 Å². The average Bonchev–Trinajstić information content (AvgIpc) is 1.88. The van der Waals surface area contributed by atoms with Crippen LogP contribution < -0.4 is 0 Å². The number of ether oxygens (including phenoxy) is 2. The van der Waals surface area contributed by atoms with Crippen molar-refractivity contribution in [2.24, 2.45) is 0 Å². The number of carbonyl (C=O) groups is 1. The van der Waals surface area contributed by atoms with Gasteiger partial charge in [0.15, 0.2) is 0 Å². The Labute approximate surface area is 64.3 Å². The van der Waals surface area contributed by atoms with Gasteiger partial charge < -0.3 is 9.47 Å². The molecule has 1 saturated heterocycles. The summed E-state index contributed by atoms with van der Waals surface area (Å²) >= 11 is 5.14. The Bertz CT molecular complexity index is 120. The van der Waals surface area contributed by atoms with Crippen molar-refractivity contribution in [2.45, 2.75) is 12.5 Å². The van der Waals surface area contributed by atoms with Crippen LogP contribution in [0.1, 0.15) is 6.42 Å². The molecule has 0 radical (unpaired) electrons. The van der Waals surface area contributed by atoms with Crippen LogP contribution in [0, 0.1) is 0 Å². The molecule has 0 amide bonds. The highest BCUT2D eigenvalue weighted by Crippen LogP contribution is 2.06. The molecule has 58 valence electrons. The summed E-state index contributed by atoms with van der Waals surface area (Å²) in [7, 11) is 0. The number of halogens is 1. The highest BCUT2D eigenvalue weighted by Gasteiger charge is 2.16. The van der Waals surface area contributed by atoms with E-state index in [1.165, 1.54) is 0 Å². The maximum atomic E-state index is 10.3. The van der Waals surface area contributed by atoms with Crippen LogP contribution >= 0.6 is 11.6 Å². The predicted octanol–water partition coefficient (Wildman–Crippen LogP) is 0.557. The Morgan fingerprint density at radius 3 is 2.90 bits per heavy atom. The van der Waals surface area contributed by atoms with E-state index in [2.05, 4.69) is 0 Å². The van der Waals surface area contributed by atoms with Crippen LogP contribution in [0.25, 0.3) is 0 Å². The average molecular weight is 165 g/mol. The monoisotopic (exact) mass is 164 g/mol. The van der Waals surface area contributed by atoms with E-state index in [0.717, 1.165) is 0 Å². The largest absolute Gasteiger partial charge is 0.376 e. The van der Waals surface area contributed by atoms with E-state index >= 15 is 0 Å². The van der Waals surface area contributed by atoms with Gasteiger partial charge in [-0.05, 0) is 11.6 Å². The molecule has 1 atom stereocenters. The van der Waals surface area contributed by atoms with Gasteiger partial charge in [-0.25, -0.2) is 0 Å². The summed E-state index contributed by atoms with van der Waals surface area (Å²) in [5, 5.41) is -0.365. The Morgan fingerprint density at radius 1 is 1.60 bits per heavy atom. The summed E-state index contributed by atoms with van der Waals surface area (Å²) in [6.07, 6.45) is 0.125. The number of hydrogen-bond acceptors (Lipinski definition) is 3. The van der Waals surface area contributed by atoms with Crippen molar-refractivity contribution >= 4 is 16.8 Å². The molecular weight excluding hydrogens is 156 g/mol. The highest BCUT2D eigenvalue weighted by molar-refractivity contribution is 6.63. The first-order valence-corrected chi connectivity index (χ1v) is 3.54. The van der Waals surface area contributed by atoms with Crippen LogP contribution in [0.2, 0.25) is 0 Å². The first kappa shape index (κ1) is 7.98. The van der Waals surface area contributed by atoms with E-state index in [4.69, 9.17) is 21.1 Å². The van der Waals surface area contributed by atoms with Crippen molar-refractivity contribution in [2.75, 3.05) is 19.8 Å². The van der Waals surface area contributed by atoms with Crippen molar-refractivity contribution in [1.82, 2.24) is 0 Å². The van der Waals surface area contributed by atoms with Crippen LogP contribution in [0.15, 0.2) is 0 Å². The summed E-state index contributed by atoms with van der Waals surface area (Å²) in [5.41, 5.74) is 0. The van der Waals surface area contributed by atoms with E-state index in [0.29, 0.717) is 19.8 Å². The van der Waals surface area contributed by atoms with Gasteiger partial charge in [0, 0.05) is 0 Å². The van der Waals surface area contributed by atoms with Gasteiger partial charge in [0.05, 0.1) is 32.3 Å². The van der Waals surface area contributed by atoms with Gasteiger partial charge in [0.1, 0.15) is 0 Å². The van der Waals surface area contributed by atoms with Crippen LogP contribution in [0.4, 0.5) is 0 Å². The zero-order valence-electron chi connectivity index (χ0n) is 5.51. The maximum absolute atomic E-state index is 10.3. The lowest BCUT2D eigenvalue weighted by Gasteiger charge is -2.21. The number of hydrogen-bond donors (Lipinski definition) is 0. The fourth-order valence-electron chi connectivity index (χ4n) is 0.833. The molecule has 0 N–H and O–H groups in total. The maximum Gasteiger partial charge on any atom is 0.224 e. The Morgan fingerprint density at radius 2 is 2.40 bits per heavy atom. The smallest absolute Gasteiger partial charge is 0.224 e. The molecule has 0 spiro atoms. The first-order valence-electron chi connectivity index (χ1n) is 3.16. The normalized spacial score (nSPS) is 26.3. The van der Waals surface area contributed by atoms with E-state index in [9.17, 15) is 4.79 Å².